The summed E-state index contributed by atoms with van der Waals surface area (Å²) in [7, 11) is 0. The second kappa shape index (κ2) is 3.29. The first kappa shape index (κ1) is 10.0. The van der Waals surface area contributed by atoms with Crippen LogP contribution in [0.4, 0.5) is 0 Å². The SMILES string of the molecule is N#Cc1nsnc1C12CC3CC(CC(C3)C1)C2. The minimum absolute atomic E-state index is 0.229. The van der Waals surface area contributed by atoms with Crippen molar-refractivity contribution in [1.82, 2.24) is 8.75 Å². The molecule has 0 radical (unpaired) electrons. The van der Waals surface area contributed by atoms with Gasteiger partial charge in [-0.15, -0.1) is 0 Å². The lowest BCUT2D eigenvalue weighted by Crippen LogP contribution is -2.49. The Bertz CT molecular complexity index is 464. The van der Waals surface area contributed by atoms with Crippen molar-refractivity contribution >= 4 is 11.7 Å². The Balaban J connectivity index is 1.80. The molecule has 4 aliphatic carbocycles. The third-order valence-corrected chi connectivity index (χ3v) is 5.66. The van der Waals surface area contributed by atoms with E-state index >= 15 is 0 Å². The quantitative estimate of drug-likeness (QED) is 0.764. The van der Waals surface area contributed by atoms with Crippen molar-refractivity contribution in [3.8, 4) is 6.07 Å². The van der Waals surface area contributed by atoms with E-state index < -0.39 is 0 Å². The summed E-state index contributed by atoms with van der Waals surface area (Å²) in [5.41, 5.74) is 1.88. The van der Waals surface area contributed by atoms with Crippen molar-refractivity contribution in [1.29, 1.82) is 5.26 Å². The molecular formula is C13H15N3S. The van der Waals surface area contributed by atoms with E-state index in [9.17, 15) is 0 Å². The molecule has 0 unspecified atom stereocenters. The van der Waals surface area contributed by atoms with Crippen molar-refractivity contribution in [3.63, 3.8) is 0 Å². The molecule has 5 rings (SSSR count). The average Bonchev–Trinajstić information content (AvgIpc) is 2.75. The molecule has 0 spiro atoms. The van der Waals surface area contributed by atoms with Gasteiger partial charge < -0.3 is 0 Å². The monoisotopic (exact) mass is 245 g/mol. The minimum atomic E-state index is 0.229. The molecule has 3 nitrogen and oxygen atoms in total. The van der Waals surface area contributed by atoms with Crippen LogP contribution in [-0.2, 0) is 5.41 Å². The molecule has 4 aliphatic rings. The molecule has 4 saturated carbocycles. The Morgan fingerprint density at radius 2 is 1.65 bits per heavy atom. The molecule has 1 heterocycles. The molecule has 0 atom stereocenters. The van der Waals surface area contributed by atoms with Crippen LogP contribution in [0.2, 0.25) is 0 Å². The topological polar surface area (TPSA) is 49.6 Å². The van der Waals surface area contributed by atoms with Gasteiger partial charge in [0.25, 0.3) is 0 Å². The van der Waals surface area contributed by atoms with E-state index in [0.717, 1.165) is 23.4 Å². The summed E-state index contributed by atoms with van der Waals surface area (Å²) in [4.78, 5) is 0. The second-order valence-electron chi connectivity index (χ2n) is 6.27. The first-order valence-corrected chi connectivity index (χ1v) is 7.25. The fraction of sp³-hybridized carbons (Fsp3) is 0.769. The largest absolute Gasteiger partial charge is 0.191 e. The van der Waals surface area contributed by atoms with Gasteiger partial charge in [0.15, 0.2) is 5.69 Å². The molecule has 0 saturated heterocycles. The van der Waals surface area contributed by atoms with Gasteiger partial charge in [-0.2, -0.15) is 14.0 Å². The van der Waals surface area contributed by atoms with Crippen LogP contribution in [0, 0.1) is 29.1 Å². The van der Waals surface area contributed by atoms with E-state index in [2.05, 4.69) is 14.8 Å². The summed E-state index contributed by atoms with van der Waals surface area (Å²) in [6.07, 6.45) is 8.08. The maximum absolute atomic E-state index is 9.16. The van der Waals surface area contributed by atoms with Gasteiger partial charge in [-0.1, -0.05) is 0 Å². The molecule has 0 aromatic carbocycles. The predicted octanol–water partition coefficient (Wildman–Crippen LogP) is 2.88. The average molecular weight is 245 g/mol. The molecule has 0 N–H and O–H groups in total. The highest BCUT2D eigenvalue weighted by atomic mass is 32.1. The highest BCUT2D eigenvalue weighted by molar-refractivity contribution is 6.99. The lowest BCUT2D eigenvalue weighted by atomic mass is 9.48. The van der Waals surface area contributed by atoms with Crippen molar-refractivity contribution in [2.75, 3.05) is 0 Å². The van der Waals surface area contributed by atoms with E-state index in [1.54, 1.807) is 0 Å². The van der Waals surface area contributed by atoms with Crippen LogP contribution < -0.4 is 0 Å². The highest BCUT2D eigenvalue weighted by Crippen LogP contribution is 2.60. The van der Waals surface area contributed by atoms with Gasteiger partial charge in [0, 0.05) is 5.41 Å². The van der Waals surface area contributed by atoms with Crippen molar-refractivity contribution in [2.24, 2.45) is 17.8 Å². The van der Waals surface area contributed by atoms with Crippen LogP contribution >= 0.6 is 11.7 Å². The molecule has 0 amide bonds. The summed E-state index contributed by atoms with van der Waals surface area (Å²) >= 11 is 1.22. The predicted molar refractivity (Wildman–Crippen MR) is 64.5 cm³/mol. The van der Waals surface area contributed by atoms with Crippen LogP contribution in [0.15, 0.2) is 0 Å². The van der Waals surface area contributed by atoms with Crippen LogP contribution in [0.3, 0.4) is 0 Å². The summed E-state index contributed by atoms with van der Waals surface area (Å²) < 4.78 is 8.65. The normalized spacial score (nSPS) is 42.6. The molecule has 88 valence electrons. The first-order chi connectivity index (χ1) is 8.29. The van der Waals surface area contributed by atoms with Gasteiger partial charge >= 0.3 is 0 Å². The fourth-order valence-electron chi connectivity index (χ4n) is 5.01. The molecule has 4 heteroatoms. The van der Waals surface area contributed by atoms with Crippen LogP contribution in [0.1, 0.15) is 49.9 Å². The Hall–Kier alpha value is -0.950. The molecule has 17 heavy (non-hydrogen) atoms. The van der Waals surface area contributed by atoms with Crippen LogP contribution in [0.25, 0.3) is 0 Å². The van der Waals surface area contributed by atoms with Gasteiger partial charge in [0.1, 0.15) is 6.07 Å². The van der Waals surface area contributed by atoms with Gasteiger partial charge in [-0.05, 0) is 56.3 Å². The lowest BCUT2D eigenvalue weighted by molar-refractivity contribution is -0.00698. The molecule has 0 aliphatic heterocycles. The fourth-order valence-corrected chi connectivity index (χ4v) is 5.62. The zero-order chi connectivity index (χ0) is 11.5. The van der Waals surface area contributed by atoms with Gasteiger partial charge in [-0.3, -0.25) is 0 Å². The van der Waals surface area contributed by atoms with Crippen molar-refractivity contribution in [3.05, 3.63) is 11.4 Å². The van der Waals surface area contributed by atoms with E-state index in [1.165, 1.54) is 50.3 Å². The summed E-state index contributed by atoms with van der Waals surface area (Å²) in [6.45, 7) is 0. The number of hydrogen-bond donors (Lipinski definition) is 0. The number of hydrogen-bond acceptors (Lipinski definition) is 4. The standard InChI is InChI=1S/C13H15N3S/c14-7-11-12(16-17-15-11)13-4-8-1-9(5-13)3-10(2-8)6-13/h8-10H,1-6H2. The summed E-state index contributed by atoms with van der Waals surface area (Å²) in [6, 6.07) is 2.24. The van der Waals surface area contributed by atoms with Crippen LogP contribution in [0.5, 0.6) is 0 Å². The smallest absolute Gasteiger partial charge is 0.178 e. The van der Waals surface area contributed by atoms with E-state index in [4.69, 9.17) is 5.26 Å². The highest BCUT2D eigenvalue weighted by Gasteiger charge is 2.53. The van der Waals surface area contributed by atoms with Crippen LogP contribution in [-0.4, -0.2) is 8.75 Å². The Morgan fingerprint density at radius 1 is 1.06 bits per heavy atom. The molecule has 1 aromatic heterocycles. The Labute approximate surface area is 105 Å². The third kappa shape index (κ3) is 1.32. The maximum atomic E-state index is 9.16. The maximum Gasteiger partial charge on any atom is 0.178 e. The summed E-state index contributed by atoms with van der Waals surface area (Å²) in [5, 5.41) is 9.16. The zero-order valence-electron chi connectivity index (χ0n) is 9.72. The number of nitrogens with zero attached hydrogens (tertiary/aromatic N) is 3. The van der Waals surface area contributed by atoms with E-state index in [0.29, 0.717) is 5.69 Å². The molecule has 4 bridgehead atoms. The molecule has 1 aromatic rings. The third-order valence-electron chi connectivity index (χ3n) is 5.14. The van der Waals surface area contributed by atoms with Gasteiger partial charge in [0.05, 0.1) is 17.4 Å². The number of nitriles is 1. The minimum Gasteiger partial charge on any atom is -0.191 e. The van der Waals surface area contributed by atoms with Crippen molar-refractivity contribution in [2.45, 2.75) is 43.9 Å². The van der Waals surface area contributed by atoms with Gasteiger partial charge in [-0.25, -0.2) is 0 Å². The van der Waals surface area contributed by atoms with Crippen molar-refractivity contribution < 1.29 is 0 Å². The number of aromatic nitrogens is 2. The summed E-state index contributed by atoms with van der Waals surface area (Å²) in [5.74, 6) is 2.69. The van der Waals surface area contributed by atoms with E-state index in [1.807, 2.05) is 0 Å². The van der Waals surface area contributed by atoms with Gasteiger partial charge in [0.2, 0.25) is 0 Å². The Morgan fingerprint density at radius 3 is 2.18 bits per heavy atom. The number of rotatable bonds is 1. The molecular weight excluding hydrogens is 230 g/mol. The lowest BCUT2D eigenvalue weighted by Gasteiger charge is -2.56. The Kier molecular flexibility index (Phi) is 1.94. The first-order valence-electron chi connectivity index (χ1n) is 6.52. The zero-order valence-corrected chi connectivity index (χ0v) is 10.5. The molecule has 4 fully saturated rings. The van der Waals surface area contributed by atoms with E-state index in [-0.39, 0.29) is 5.41 Å². The second-order valence-corrected chi connectivity index (χ2v) is 6.80.